The van der Waals surface area contributed by atoms with Crippen LogP contribution in [0.15, 0.2) is 71.1 Å². The summed E-state index contributed by atoms with van der Waals surface area (Å²) < 4.78 is 13.9. The summed E-state index contributed by atoms with van der Waals surface area (Å²) in [5.74, 6) is 0.858. The molecule has 0 bridgehead atoms. The number of rotatable bonds is 10. The van der Waals surface area contributed by atoms with Crippen molar-refractivity contribution in [2.75, 3.05) is 19.0 Å². The van der Waals surface area contributed by atoms with Crippen molar-refractivity contribution in [1.82, 2.24) is 19.2 Å². The van der Waals surface area contributed by atoms with Crippen molar-refractivity contribution in [2.45, 2.75) is 24.7 Å². The molecule has 0 saturated heterocycles. The molecule has 0 amide bonds. The van der Waals surface area contributed by atoms with E-state index in [2.05, 4.69) is 16.8 Å². The molecule has 0 fully saturated rings. The van der Waals surface area contributed by atoms with Gasteiger partial charge in [-0.15, -0.1) is 16.8 Å². The Bertz CT molecular complexity index is 1380. The van der Waals surface area contributed by atoms with E-state index < -0.39 is 12.1 Å². The number of benzene rings is 2. The van der Waals surface area contributed by atoms with Crippen LogP contribution >= 0.6 is 11.8 Å². The zero-order valence-corrected chi connectivity index (χ0v) is 19.4. The maximum atomic E-state index is 12.9. The third-order valence-electron chi connectivity index (χ3n) is 5.00. The largest absolute Gasteiger partial charge is 0.491 e. The van der Waals surface area contributed by atoms with E-state index in [-0.39, 0.29) is 12.2 Å². The standard InChI is InChI=1S/C24H24N4O5S/c1-3-13-27-21(30)19-7-5-6-8-20(19)28-23(27)25-26-24(28)34-15-17(29)14-33-18-11-9-16(10-12-18)22(31)32-4-2/h3,5-12,17,29H,1,4,13-15H2,2H3. The molecule has 10 heteroatoms. The molecule has 2 heterocycles. The van der Waals surface area contributed by atoms with Crippen molar-refractivity contribution >= 4 is 34.4 Å². The first-order valence-corrected chi connectivity index (χ1v) is 11.7. The molecule has 0 aliphatic rings. The fraction of sp³-hybridized carbons (Fsp3) is 0.250. The predicted octanol–water partition coefficient (Wildman–Crippen LogP) is 2.94. The Morgan fingerprint density at radius 1 is 1.21 bits per heavy atom. The summed E-state index contributed by atoms with van der Waals surface area (Å²) in [5.41, 5.74) is 0.975. The van der Waals surface area contributed by atoms with Gasteiger partial charge in [0.1, 0.15) is 12.4 Å². The lowest BCUT2D eigenvalue weighted by atomic mass is 10.2. The summed E-state index contributed by atoms with van der Waals surface area (Å²) in [6.45, 7) is 6.15. The maximum absolute atomic E-state index is 12.9. The molecule has 0 saturated carbocycles. The SMILES string of the molecule is C=CCn1c(=O)c2ccccc2n2c(SCC(O)COc3ccc(C(=O)OCC)cc3)nnc12. The predicted molar refractivity (Wildman–Crippen MR) is 130 cm³/mol. The highest BCUT2D eigenvalue weighted by Gasteiger charge is 2.17. The molecule has 1 unspecified atom stereocenters. The van der Waals surface area contributed by atoms with Gasteiger partial charge in [0.15, 0.2) is 5.16 Å². The molecular weight excluding hydrogens is 456 g/mol. The number of esters is 1. The topological polar surface area (TPSA) is 108 Å². The van der Waals surface area contributed by atoms with Crippen molar-refractivity contribution in [2.24, 2.45) is 0 Å². The molecule has 34 heavy (non-hydrogen) atoms. The van der Waals surface area contributed by atoms with E-state index in [0.717, 1.165) is 0 Å². The number of hydrogen-bond donors (Lipinski definition) is 1. The Morgan fingerprint density at radius 2 is 1.97 bits per heavy atom. The van der Waals surface area contributed by atoms with Crippen LogP contribution in [-0.4, -0.2) is 55.3 Å². The first kappa shape index (κ1) is 23.5. The van der Waals surface area contributed by atoms with Gasteiger partial charge in [0.05, 0.1) is 29.2 Å². The van der Waals surface area contributed by atoms with E-state index in [1.807, 2.05) is 22.6 Å². The van der Waals surface area contributed by atoms with Crippen molar-refractivity contribution < 1.29 is 19.4 Å². The Labute approximate surface area is 199 Å². The first-order valence-electron chi connectivity index (χ1n) is 10.7. The van der Waals surface area contributed by atoms with Gasteiger partial charge in [0, 0.05) is 12.3 Å². The van der Waals surface area contributed by atoms with E-state index in [0.29, 0.717) is 52.1 Å². The molecule has 0 radical (unpaired) electrons. The van der Waals surface area contributed by atoms with Crippen molar-refractivity contribution in [1.29, 1.82) is 0 Å². The molecule has 1 N–H and O–H groups in total. The molecule has 4 aromatic rings. The monoisotopic (exact) mass is 480 g/mol. The fourth-order valence-corrected chi connectivity index (χ4v) is 4.28. The number of aliphatic hydroxyl groups is 1. The first-order chi connectivity index (χ1) is 16.5. The van der Waals surface area contributed by atoms with E-state index in [1.54, 1.807) is 43.3 Å². The lowest BCUT2D eigenvalue weighted by molar-refractivity contribution is 0.0526. The minimum atomic E-state index is -0.785. The fourth-order valence-electron chi connectivity index (χ4n) is 3.43. The van der Waals surface area contributed by atoms with E-state index >= 15 is 0 Å². The Kier molecular flexibility index (Phi) is 7.29. The van der Waals surface area contributed by atoms with E-state index in [9.17, 15) is 14.7 Å². The number of fused-ring (bicyclic) bond motifs is 3. The lowest BCUT2D eigenvalue weighted by Gasteiger charge is -2.13. The Balaban J connectivity index is 1.46. The highest BCUT2D eigenvalue weighted by atomic mass is 32.2. The van der Waals surface area contributed by atoms with Crippen LogP contribution in [0.4, 0.5) is 0 Å². The number of thioether (sulfide) groups is 1. The molecule has 9 nitrogen and oxygen atoms in total. The van der Waals surface area contributed by atoms with Crippen LogP contribution < -0.4 is 10.3 Å². The highest BCUT2D eigenvalue weighted by molar-refractivity contribution is 7.99. The maximum Gasteiger partial charge on any atom is 0.338 e. The van der Waals surface area contributed by atoms with Gasteiger partial charge in [-0.3, -0.25) is 13.8 Å². The van der Waals surface area contributed by atoms with Gasteiger partial charge >= 0.3 is 5.97 Å². The zero-order chi connectivity index (χ0) is 24.1. The number of para-hydroxylation sites is 1. The summed E-state index contributed by atoms with van der Waals surface area (Å²) >= 11 is 1.32. The van der Waals surface area contributed by atoms with Crippen LogP contribution in [0.2, 0.25) is 0 Å². The zero-order valence-electron chi connectivity index (χ0n) is 18.6. The third-order valence-corrected chi connectivity index (χ3v) is 6.08. The Hall–Kier alpha value is -3.63. The number of carbonyl (C=O) groups excluding carboxylic acids is 1. The summed E-state index contributed by atoms with van der Waals surface area (Å²) in [7, 11) is 0. The second-order valence-corrected chi connectivity index (χ2v) is 8.35. The van der Waals surface area contributed by atoms with Crippen molar-refractivity contribution in [3.8, 4) is 5.75 Å². The smallest absolute Gasteiger partial charge is 0.338 e. The molecular formula is C24H24N4O5S. The molecule has 1 atom stereocenters. The van der Waals surface area contributed by atoms with Gasteiger partial charge in [-0.25, -0.2) is 4.79 Å². The molecule has 4 rings (SSSR count). The van der Waals surface area contributed by atoms with Crippen LogP contribution in [0.3, 0.4) is 0 Å². The number of aromatic nitrogens is 4. The van der Waals surface area contributed by atoms with E-state index in [1.165, 1.54) is 16.3 Å². The van der Waals surface area contributed by atoms with Crippen LogP contribution in [0.25, 0.3) is 16.7 Å². The second-order valence-electron chi connectivity index (χ2n) is 7.36. The van der Waals surface area contributed by atoms with Crippen molar-refractivity contribution in [3.63, 3.8) is 0 Å². The van der Waals surface area contributed by atoms with Crippen LogP contribution in [0.5, 0.6) is 5.75 Å². The minimum absolute atomic E-state index is 0.0599. The molecule has 2 aromatic carbocycles. The number of nitrogens with zero attached hydrogens (tertiary/aromatic N) is 4. The number of aliphatic hydroxyl groups excluding tert-OH is 1. The van der Waals surface area contributed by atoms with Crippen LogP contribution in [-0.2, 0) is 11.3 Å². The van der Waals surface area contributed by atoms with Crippen LogP contribution in [0, 0.1) is 0 Å². The Morgan fingerprint density at radius 3 is 2.71 bits per heavy atom. The lowest BCUT2D eigenvalue weighted by Crippen LogP contribution is -2.23. The molecule has 2 aromatic heterocycles. The highest BCUT2D eigenvalue weighted by Crippen LogP contribution is 2.22. The van der Waals surface area contributed by atoms with Gasteiger partial charge in [-0.2, -0.15) is 0 Å². The van der Waals surface area contributed by atoms with Gasteiger partial charge in [0.2, 0.25) is 5.78 Å². The van der Waals surface area contributed by atoms with Gasteiger partial charge < -0.3 is 14.6 Å². The van der Waals surface area contributed by atoms with Crippen molar-refractivity contribution in [3.05, 3.63) is 77.1 Å². The van der Waals surface area contributed by atoms with Gasteiger partial charge in [0.25, 0.3) is 5.56 Å². The summed E-state index contributed by atoms with van der Waals surface area (Å²) in [5, 5.41) is 20.0. The molecule has 0 aliphatic heterocycles. The number of carbonyl (C=O) groups is 1. The average Bonchev–Trinajstić information content (AvgIpc) is 3.28. The van der Waals surface area contributed by atoms with Gasteiger partial charge in [-0.05, 0) is 43.3 Å². The second kappa shape index (κ2) is 10.5. The quantitative estimate of drug-likeness (QED) is 0.210. The van der Waals surface area contributed by atoms with E-state index in [4.69, 9.17) is 9.47 Å². The number of hydrogen-bond acceptors (Lipinski definition) is 8. The number of allylic oxidation sites excluding steroid dienone is 1. The normalized spacial score (nSPS) is 12.1. The average molecular weight is 481 g/mol. The number of ether oxygens (including phenoxy) is 2. The summed E-state index contributed by atoms with van der Waals surface area (Å²) in [6, 6.07) is 13.8. The molecule has 176 valence electrons. The minimum Gasteiger partial charge on any atom is -0.491 e. The summed E-state index contributed by atoms with van der Waals surface area (Å²) in [4.78, 5) is 24.6. The van der Waals surface area contributed by atoms with Crippen LogP contribution in [0.1, 0.15) is 17.3 Å². The van der Waals surface area contributed by atoms with Gasteiger partial charge in [-0.1, -0.05) is 30.0 Å². The molecule has 0 spiro atoms. The third kappa shape index (κ3) is 4.82. The molecule has 0 aliphatic carbocycles. The summed E-state index contributed by atoms with van der Waals surface area (Å²) in [6.07, 6.45) is 0.852.